The van der Waals surface area contributed by atoms with Crippen LogP contribution in [0.2, 0.25) is 5.02 Å². The molecule has 0 spiro atoms. The number of carbonyl (C=O) groups excluding carboxylic acids is 1. The molecule has 6 heteroatoms. The molecule has 1 aromatic carbocycles. The van der Waals surface area contributed by atoms with Crippen molar-refractivity contribution in [2.24, 2.45) is 0 Å². The minimum Gasteiger partial charge on any atom is -0.336 e. The van der Waals surface area contributed by atoms with Gasteiger partial charge in [-0.05, 0) is 34.6 Å². The predicted molar refractivity (Wildman–Crippen MR) is 77.1 cm³/mol. The van der Waals surface area contributed by atoms with Crippen LogP contribution in [0.25, 0.3) is 0 Å². The number of hydrogen-bond acceptors (Lipinski definition) is 2. The highest BCUT2D eigenvalue weighted by Crippen LogP contribution is 2.27. The zero-order valence-electron chi connectivity index (χ0n) is 10.6. The minimum absolute atomic E-state index is 0.00681. The monoisotopic (exact) mass is 348 g/mol. The number of likely N-dealkylation sites (N-methyl/N-ethyl adjacent to an activating group) is 1. The normalized spacial score (nSPS) is 16.7. The summed E-state index contributed by atoms with van der Waals surface area (Å²) in [7, 11) is 0. The molecule has 1 amide bonds. The van der Waals surface area contributed by atoms with E-state index in [1.165, 1.54) is 6.07 Å². The van der Waals surface area contributed by atoms with Crippen molar-refractivity contribution in [2.75, 3.05) is 32.7 Å². The number of amides is 1. The van der Waals surface area contributed by atoms with Crippen molar-refractivity contribution >= 4 is 33.4 Å². The third kappa shape index (κ3) is 3.27. The van der Waals surface area contributed by atoms with Gasteiger partial charge in [0.15, 0.2) is 0 Å². The van der Waals surface area contributed by atoms with Gasteiger partial charge in [-0.15, -0.1) is 0 Å². The maximum atomic E-state index is 13.5. The van der Waals surface area contributed by atoms with Gasteiger partial charge in [-0.3, -0.25) is 4.79 Å². The van der Waals surface area contributed by atoms with Crippen LogP contribution in [0.15, 0.2) is 16.6 Å². The number of piperazine rings is 1. The Balaban J connectivity index is 2.12. The Morgan fingerprint density at radius 3 is 2.53 bits per heavy atom. The van der Waals surface area contributed by atoms with Gasteiger partial charge in [-0.1, -0.05) is 18.5 Å². The highest BCUT2D eigenvalue weighted by atomic mass is 79.9. The van der Waals surface area contributed by atoms with E-state index in [9.17, 15) is 9.18 Å². The fraction of sp³-hybridized carbons (Fsp3) is 0.462. The van der Waals surface area contributed by atoms with Gasteiger partial charge >= 0.3 is 0 Å². The van der Waals surface area contributed by atoms with Gasteiger partial charge in [0.2, 0.25) is 0 Å². The van der Waals surface area contributed by atoms with Crippen LogP contribution < -0.4 is 0 Å². The van der Waals surface area contributed by atoms with Gasteiger partial charge in [0.1, 0.15) is 5.82 Å². The minimum atomic E-state index is -0.577. The molecule has 1 fully saturated rings. The molecule has 104 valence electrons. The van der Waals surface area contributed by atoms with Crippen LogP contribution in [0.4, 0.5) is 4.39 Å². The molecule has 0 aromatic heterocycles. The Bertz CT molecular complexity index is 467. The second-order valence-electron chi connectivity index (χ2n) is 4.48. The van der Waals surface area contributed by atoms with Crippen LogP contribution in [0.5, 0.6) is 0 Å². The summed E-state index contributed by atoms with van der Waals surface area (Å²) in [6.07, 6.45) is 0. The van der Waals surface area contributed by atoms with Gasteiger partial charge in [0, 0.05) is 36.2 Å². The molecule has 3 nitrogen and oxygen atoms in total. The fourth-order valence-electron chi connectivity index (χ4n) is 2.13. The highest BCUT2D eigenvalue weighted by molar-refractivity contribution is 9.10. The highest BCUT2D eigenvalue weighted by Gasteiger charge is 2.22. The molecule has 0 radical (unpaired) electrons. The number of carbonyl (C=O) groups is 1. The van der Waals surface area contributed by atoms with Crippen LogP contribution in [0.1, 0.15) is 17.3 Å². The Morgan fingerprint density at radius 2 is 2.00 bits per heavy atom. The SMILES string of the molecule is CCN1CCN(C(=O)c2cc(F)c(Cl)c(Br)c2)CC1. The fourth-order valence-corrected chi connectivity index (χ4v) is 2.67. The molecule has 2 rings (SSSR count). The Labute approximate surface area is 125 Å². The summed E-state index contributed by atoms with van der Waals surface area (Å²) < 4.78 is 14.0. The molecule has 1 aliphatic rings. The largest absolute Gasteiger partial charge is 0.336 e. The summed E-state index contributed by atoms with van der Waals surface area (Å²) >= 11 is 8.88. The van der Waals surface area contributed by atoms with E-state index in [1.54, 1.807) is 11.0 Å². The second kappa shape index (κ2) is 6.20. The van der Waals surface area contributed by atoms with E-state index in [4.69, 9.17) is 11.6 Å². The molecule has 0 saturated carbocycles. The van der Waals surface area contributed by atoms with Crippen molar-refractivity contribution in [2.45, 2.75) is 6.92 Å². The second-order valence-corrected chi connectivity index (χ2v) is 5.71. The lowest BCUT2D eigenvalue weighted by atomic mass is 10.1. The lowest BCUT2D eigenvalue weighted by Gasteiger charge is -2.34. The van der Waals surface area contributed by atoms with Gasteiger partial charge in [0.05, 0.1) is 5.02 Å². The van der Waals surface area contributed by atoms with Crippen molar-refractivity contribution in [1.82, 2.24) is 9.80 Å². The first-order valence-corrected chi connectivity index (χ1v) is 7.36. The smallest absolute Gasteiger partial charge is 0.254 e. The number of hydrogen-bond donors (Lipinski definition) is 0. The first kappa shape index (κ1) is 14.8. The first-order valence-electron chi connectivity index (χ1n) is 6.19. The maximum absolute atomic E-state index is 13.5. The molecule has 1 heterocycles. The van der Waals surface area contributed by atoms with Gasteiger partial charge in [0.25, 0.3) is 5.91 Å². The van der Waals surface area contributed by atoms with Crippen molar-refractivity contribution in [3.05, 3.63) is 33.0 Å². The predicted octanol–water partition coefficient (Wildman–Crippen LogP) is 3.02. The van der Waals surface area contributed by atoms with Gasteiger partial charge in [-0.2, -0.15) is 0 Å². The van der Waals surface area contributed by atoms with E-state index in [-0.39, 0.29) is 10.9 Å². The number of nitrogens with zero attached hydrogens (tertiary/aromatic N) is 2. The topological polar surface area (TPSA) is 23.6 Å². The molecule has 1 aromatic rings. The molecule has 19 heavy (non-hydrogen) atoms. The Hall–Kier alpha value is -0.650. The lowest BCUT2D eigenvalue weighted by molar-refractivity contribution is 0.0643. The lowest BCUT2D eigenvalue weighted by Crippen LogP contribution is -2.48. The van der Waals surface area contributed by atoms with E-state index >= 15 is 0 Å². The van der Waals surface area contributed by atoms with Gasteiger partial charge < -0.3 is 9.80 Å². The number of benzene rings is 1. The summed E-state index contributed by atoms with van der Waals surface area (Å²) in [6, 6.07) is 2.77. The third-order valence-electron chi connectivity index (χ3n) is 3.34. The summed E-state index contributed by atoms with van der Waals surface area (Å²) in [4.78, 5) is 16.3. The zero-order valence-corrected chi connectivity index (χ0v) is 13.0. The summed E-state index contributed by atoms with van der Waals surface area (Å²) in [5, 5.41) is 0.00681. The van der Waals surface area contributed by atoms with Crippen LogP contribution >= 0.6 is 27.5 Å². The zero-order chi connectivity index (χ0) is 14.0. The average Bonchev–Trinajstić information content (AvgIpc) is 2.43. The van der Waals surface area contributed by atoms with Gasteiger partial charge in [-0.25, -0.2) is 4.39 Å². The van der Waals surface area contributed by atoms with E-state index in [2.05, 4.69) is 27.8 Å². The van der Waals surface area contributed by atoms with E-state index in [1.807, 2.05) is 0 Å². The molecule has 0 unspecified atom stereocenters. The molecule has 1 aliphatic heterocycles. The van der Waals surface area contributed by atoms with E-state index < -0.39 is 5.82 Å². The van der Waals surface area contributed by atoms with Crippen LogP contribution in [-0.4, -0.2) is 48.4 Å². The average molecular weight is 350 g/mol. The van der Waals surface area contributed by atoms with Crippen molar-refractivity contribution in [1.29, 1.82) is 0 Å². The number of halogens is 3. The molecular formula is C13H15BrClFN2O. The van der Waals surface area contributed by atoms with Crippen LogP contribution in [-0.2, 0) is 0 Å². The molecular weight excluding hydrogens is 335 g/mol. The third-order valence-corrected chi connectivity index (χ3v) is 4.58. The molecule has 0 atom stereocenters. The molecule has 0 bridgehead atoms. The molecule has 1 saturated heterocycles. The standard InChI is InChI=1S/C13H15BrClFN2O/c1-2-17-3-5-18(6-4-17)13(19)9-7-10(14)12(15)11(16)8-9/h7-8H,2-6H2,1H3. The Kier molecular flexibility index (Phi) is 4.81. The number of rotatable bonds is 2. The summed E-state index contributed by atoms with van der Waals surface area (Å²) in [6.45, 7) is 6.16. The van der Waals surface area contributed by atoms with Crippen molar-refractivity contribution < 1.29 is 9.18 Å². The van der Waals surface area contributed by atoms with Crippen LogP contribution in [0.3, 0.4) is 0 Å². The van der Waals surface area contributed by atoms with Crippen molar-refractivity contribution in [3.8, 4) is 0 Å². The molecule has 0 aliphatic carbocycles. The summed E-state index contributed by atoms with van der Waals surface area (Å²) in [5.74, 6) is -0.724. The molecule has 0 N–H and O–H groups in total. The van der Waals surface area contributed by atoms with E-state index in [0.717, 1.165) is 19.6 Å². The van der Waals surface area contributed by atoms with Crippen molar-refractivity contribution in [3.63, 3.8) is 0 Å². The summed E-state index contributed by atoms with van der Waals surface area (Å²) in [5.41, 5.74) is 0.332. The maximum Gasteiger partial charge on any atom is 0.254 e. The van der Waals surface area contributed by atoms with E-state index in [0.29, 0.717) is 23.1 Å². The Morgan fingerprint density at radius 1 is 1.37 bits per heavy atom. The quantitative estimate of drug-likeness (QED) is 0.766. The first-order chi connectivity index (χ1) is 9.02. The van der Waals surface area contributed by atoms with Crippen LogP contribution in [0, 0.1) is 5.82 Å².